The fourth-order valence-electron chi connectivity index (χ4n) is 3.07. The van der Waals surface area contributed by atoms with Gasteiger partial charge in [-0.05, 0) is 47.7 Å². The van der Waals surface area contributed by atoms with Gasteiger partial charge in [0.15, 0.2) is 14.7 Å². The monoisotopic (exact) mass is 347 g/mol. The predicted octanol–water partition coefficient (Wildman–Crippen LogP) is 7.03. The average molecular weight is 348 g/mol. The largest absolute Gasteiger partial charge is 0.170 e. The molecule has 0 fully saturated rings. The van der Waals surface area contributed by atoms with E-state index in [0.717, 1.165) is 0 Å². The summed E-state index contributed by atoms with van der Waals surface area (Å²) in [5.74, 6) is 1.07. The molecule has 0 saturated carbocycles. The molecule has 0 aliphatic heterocycles. The molecule has 0 N–H and O–H groups in total. The molecule has 0 amide bonds. The molecule has 0 aliphatic carbocycles. The lowest BCUT2D eigenvalue weighted by atomic mass is 9.96. The van der Waals surface area contributed by atoms with E-state index in [-0.39, 0.29) is 10.9 Å². The highest BCUT2D eigenvalue weighted by molar-refractivity contribution is 7.97. The highest BCUT2D eigenvalue weighted by Crippen LogP contribution is 2.37. The van der Waals surface area contributed by atoms with Crippen molar-refractivity contribution in [2.45, 2.75) is 54.2 Å². The van der Waals surface area contributed by atoms with Gasteiger partial charge in [-0.15, -0.1) is 0 Å². The Morgan fingerprint density at radius 1 is 0.600 bits per heavy atom. The van der Waals surface area contributed by atoms with E-state index < -0.39 is 0 Å². The summed E-state index contributed by atoms with van der Waals surface area (Å²) in [5.41, 5.74) is 2.90. The maximum Gasteiger partial charge on any atom is 0.170 e. The summed E-state index contributed by atoms with van der Waals surface area (Å²) in [6, 6.07) is 28.9. The summed E-state index contributed by atoms with van der Waals surface area (Å²) in [4.78, 5) is 4.22. The van der Waals surface area contributed by atoms with Crippen molar-refractivity contribution < 1.29 is 0 Å². The molecule has 0 radical (unpaired) electrons. The van der Waals surface area contributed by atoms with Crippen LogP contribution in [-0.2, 0) is 10.9 Å². The summed E-state index contributed by atoms with van der Waals surface area (Å²) in [5, 5.41) is 0. The van der Waals surface area contributed by atoms with Gasteiger partial charge in [0.05, 0.1) is 10.9 Å². The molecule has 128 valence electrons. The smallest absolute Gasteiger partial charge is 0.0619 e. The molecule has 3 aromatic rings. The van der Waals surface area contributed by atoms with Crippen LogP contribution in [0.3, 0.4) is 0 Å². The van der Waals surface area contributed by atoms with E-state index in [9.17, 15) is 0 Å². The Balaban J connectivity index is 2.20. The van der Waals surface area contributed by atoms with Gasteiger partial charge in [0.25, 0.3) is 0 Å². The van der Waals surface area contributed by atoms with E-state index in [1.54, 1.807) is 0 Å². The highest BCUT2D eigenvalue weighted by Gasteiger charge is 2.31. The zero-order valence-corrected chi connectivity index (χ0v) is 16.4. The molecule has 0 spiro atoms. The van der Waals surface area contributed by atoms with Crippen molar-refractivity contribution in [2.24, 2.45) is 0 Å². The minimum atomic E-state index is -0.0683. The second kappa shape index (κ2) is 7.93. The van der Waals surface area contributed by atoms with E-state index in [0.29, 0.717) is 11.8 Å². The first-order chi connectivity index (χ1) is 12.1. The second-order valence-electron chi connectivity index (χ2n) is 7.04. The molecule has 0 aromatic heterocycles. The van der Waals surface area contributed by atoms with Crippen molar-refractivity contribution in [3.63, 3.8) is 0 Å². The van der Waals surface area contributed by atoms with Gasteiger partial charge >= 0.3 is 0 Å². The quantitative estimate of drug-likeness (QED) is 0.435. The summed E-state index contributed by atoms with van der Waals surface area (Å²) in [6.07, 6.45) is 0. The molecule has 0 unspecified atom stereocenters. The number of benzene rings is 3. The fraction of sp³-hybridized carbons (Fsp3) is 0.250. The Kier molecular flexibility index (Phi) is 5.65. The van der Waals surface area contributed by atoms with Gasteiger partial charge in [0.1, 0.15) is 0 Å². The summed E-state index contributed by atoms with van der Waals surface area (Å²) in [7, 11) is -0.0683. The van der Waals surface area contributed by atoms with Gasteiger partial charge < -0.3 is 0 Å². The van der Waals surface area contributed by atoms with Crippen molar-refractivity contribution in [3.05, 3.63) is 90.0 Å². The van der Waals surface area contributed by atoms with Gasteiger partial charge in [-0.25, -0.2) is 0 Å². The number of hydrogen-bond donors (Lipinski definition) is 0. The van der Waals surface area contributed by atoms with Crippen molar-refractivity contribution in [3.8, 4) is 0 Å². The number of rotatable bonds is 5. The Morgan fingerprint density at radius 3 is 1.56 bits per heavy atom. The van der Waals surface area contributed by atoms with Crippen LogP contribution in [0.25, 0.3) is 0 Å². The maximum atomic E-state index is 2.43. The zero-order valence-electron chi connectivity index (χ0n) is 15.6. The fourth-order valence-corrected chi connectivity index (χ4v) is 5.44. The summed E-state index contributed by atoms with van der Waals surface area (Å²) < 4.78 is 0. The lowest BCUT2D eigenvalue weighted by Gasteiger charge is -2.16. The SMILES string of the molecule is CC(C)c1ccc([S+](c2ccccc2)c2ccccc2)c(C(C)C)c1. The van der Waals surface area contributed by atoms with E-state index >= 15 is 0 Å². The predicted molar refractivity (Wildman–Crippen MR) is 110 cm³/mol. The average Bonchev–Trinajstić information content (AvgIpc) is 2.63. The topological polar surface area (TPSA) is 0 Å². The Hall–Kier alpha value is -1.99. The van der Waals surface area contributed by atoms with E-state index in [4.69, 9.17) is 0 Å². The third-order valence-electron chi connectivity index (χ3n) is 4.50. The van der Waals surface area contributed by atoms with Crippen molar-refractivity contribution in [1.29, 1.82) is 0 Å². The lowest BCUT2D eigenvalue weighted by Crippen LogP contribution is -2.09. The molecule has 0 aliphatic rings. The molecular weight excluding hydrogens is 320 g/mol. The minimum absolute atomic E-state index is 0.0683. The zero-order chi connectivity index (χ0) is 17.8. The molecule has 0 nitrogen and oxygen atoms in total. The van der Waals surface area contributed by atoms with Crippen LogP contribution in [0.4, 0.5) is 0 Å². The molecular formula is C24H27S+. The normalized spacial score (nSPS) is 11.5. The van der Waals surface area contributed by atoms with Crippen LogP contribution in [0.1, 0.15) is 50.7 Å². The summed E-state index contributed by atoms with van der Waals surface area (Å²) in [6.45, 7) is 9.15. The lowest BCUT2D eigenvalue weighted by molar-refractivity contribution is 0.814. The van der Waals surface area contributed by atoms with Gasteiger partial charge in [0, 0.05) is 5.56 Å². The van der Waals surface area contributed by atoms with Gasteiger partial charge in [-0.3, -0.25) is 0 Å². The Labute approximate surface area is 155 Å². The molecule has 0 bridgehead atoms. The van der Waals surface area contributed by atoms with Crippen molar-refractivity contribution in [1.82, 2.24) is 0 Å². The first-order valence-electron chi connectivity index (χ1n) is 9.06. The van der Waals surface area contributed by atoms with Crippen LogP contribution in [0.5, 0.6) is 0 Å². The molecule has 0 atom stereocenters. The van der Waals surface area contributed by atoms with Crippen LogP contribution in [0, 0.1) is 0 Å². The Bertz CT molecular complexity index is 765. The number of hydrogen-bond acceptors (Lipinski definition) is 0. The molecule has 0 heterocycles. The van der Waals surface area contributed by atoms with Crippen LogP contribution < -0.4 is 0 Å². The third kappa shape index (κ3) is 3.99. The molecule has 25 heavy (non-hydrogen) atoms. The Morgan fingerprint density at radius 2 is 1.12 bits per heavy atom. The standard InChI is InChI=1S/C24H27S/c1-18(2)20-15-16-24(23(17-20)19(3)4)25(21-11-7-5-8-12-21)22-13-9-6-10-14-22/h5-19H,1-4H3/q+1. The summed E-state index contributed by atoms with van der Waals surface area (Å²) >= 11 is 0. The van der Waals surface area contributed by atoms with Crippen LogP contribution in [0.15, 0.2) is 93.5 Å². The molecule has 3 rings (SSSR count). The van der Waals surface area contributed by atoms with E-state index in [2.05, 4.69) is 107 Å². The van der Waals surface area contributed by atoms with Crippen LogP contribution in [0.2, 0.25) is 0 Å². The second-order valence-corrected chi connectivity index (χ2v) is 9.03. The van der Waals surface area contributed by atoms with Crippen molar-refractivity contribution in [2.75, 3.05) is 0 Å². The first-order valence-corrected chi connectivity index (χ1v) is 10.3. The van der Waals surface area contributed by atoms with Gasteiger partial charge in [-0.1, -0.05) is 76.2 Å². The third-order valence-corrected chi connectivity index (χ3v) is 6.80. The van der Waals surface area contributed by atoms with Gasteiger partial charge in [0.2, 0.25) is 0 Å². The first kappa shape index (κ1) is 17.8. The highest BCUT2D eigenvalue weighted by atomic mass is 32.2. The molecule has 3 aromatic carbocycles. The molecule has 1 heteroatoms. The molecule has 0 saturated heterocycles. The maximum absolute atomic E-state index is 2.43. The van der Waals surface area contributed by atoms with Crippen molar-refractivity contribution >= 4 is 10.9 Å². The van der Waals surface area contributed by atoms with E-state index in [1.165, 1.54) is 25.8 Å². The van der Waals surface area contributed by atoms with Crippen LogP contribution >= 0.6 is 0 Å². The van der Waals surface area contributed by atoms with E-state index in [1.807, 2.05) is 0 Å². The minimum Gasteiger partial charge on any atom is -0.0619 e. The van der Waals surface area contributed by atoms with Gasteiger partial charge in [-0.2, -0.15) is 0 Å². The van der Waals surface area contributed by atoms with Crippen LogP contribution in [-0.4, -0.2) is 0 Å².